The van der Waals surface area contributed by atoms with E-state index in [1.165, 1.54) is 12.3 Å². The van der Waals surface area contributed by atoms with E-state index in [4.69, 9.17) is 0 Å². The number of hydrogen-bond donors (Lipinski definition) is 2. The second kappa shape index (κ2) is 10.7. The lowest BCUT2D eigenvalue weighted by Crippen LogP contribution is -2.50. The summed E-state index contributed by atoms with van der Waals surface area (Å²) in [4.78, 5) is 31.8. The van der Waals surface area contributed by atoms with Gasteiger partial charge in [0, 0.05) is 50.0 Å². The number of amides is 1. The maximum Gasteiger partial charge on any atom is 0.255 e. The molecule has 1 fully saturated rings. The van der Waals surface area contributed by atoms with E-state index < -0.39 is 11.6 Å². The van der Waals surface area contributed by atoms with Gasteiger partial charge in [-0.1, -0.05) is 0 Å². The van der Waals surface area contributed by atoms with Gasteiger partial charge < -0.3 is 20.4 Å². The molecule has 1 amide bonds. The fourth-order valence-corrected chi connectivity index (χ4v) is 5.25. The van der Waals surface area contributed by atoms with E-state index in [2.05, 4.69) is 44.3 Å². The van der Waals surface area contributed by atoms with Crippen molar-refractivity contribution in [3.8, 4) is 11.3 Å². The monoisotopic (exact) mass is 536 g/mol. The van der Waals surface area contributed by atoms with Crippen molar-refractivity contribution in [2.24, 2.45) is 0 Å². The van der Waals surface area contributed by atoms with Crippen LogP contribution in [0.5, 0.6) is 0 Å². The van der Waals surface area contributed by atoms with Gasteiger partial charge in [0.15, 0.2) is 5.82 Å². The van der Waals surface area contributed by atoms with E-state index in [1.807, 2.05) is 30.6 Å². The number of piperazine rings is 1. The average Bonchev–Trinajstić information content (AvgIpc) is 3.26. The number of rotatable bonds is 6. The molecule has 0 aliphatic carbocycles. The van der Waals surface area contributed by atoms with Crippen LogP contribution >= 0.6 is 0 Å². The van der Waals surface area contributed by atoms with Crippen LogP contribution in [0.15, 0.2) is 36.7 Å². The van der Waals surface area contributed by atoms with E-state index in [9.17, 15) is 9.18 Å². The van der Waals surface area contributed by atoms with Crippen molar-refractivity contribution in [1.82, 2.24) is 24.8 Å². The summed E-state index contributed by atoms with van der Waals surface area (Å²) in [6, 6.07) is 6.94. The number of nitrogens with zero attached hydrogens (tertiary/aromatic N) is 6. The van der Waals surface area contributed by atoms with Gasteiger partial charge in [-0.25, -0.2) is 23.7 Å². The van der Waals surface area contributed by atoms with Crippen molar-refractivity contribution >= 4 is 29.0 Å². The highest BCUT2D eigenvalue weighted by atomic mass is 19.1. The predicted molar refractivity (Wildman–Crippen MR) is 148 cm³/mol. The molecular formula is C28H34F2N8O. The van der Waals surface area contributed by atoms with Gasteiger partial charge >= 0.3 is 0 Å². The lowest BCUT2D eigenvalue weighted by molar-refractivity contribution is 0.0595. The first kappa shape index (κ1) is 26.7. The molecule has 0 spiro atoms. The molecule has 9 nitrogen and oxygen atoms in total. The first-order valence-corrected chi connectivity index (χ1v) is 13.3. The number of benzene rings is 1. The molecule has 0 bridgehead atoms. The summed E-state index contributed by atoms with van der Waals surface area (Å²) in [6.07, 6.45) is 2.46. The van der Waals surface area contributed by atoms with E-state index in [-0.39, 0.29) is 29.8 Å². The predicted octanol–water partition coefficient (Wildman–Crippen LogP) is 4.71. The topological polar surface area (TPSA) is 89.5 Å². The lowest BCUT2D eigenvalue weighted by atomic mass is 10.1. The average molecular weight is 537 g/mol. The van der Waals surface area contributed by atoms with Crippen LogP contribution in [0.2, 0.25) is 0 Å². The van der Waals surface area contributed by atoms with Crippen molar-refractivity contribution in [3.05, 3.63) is 53.9 Å². The second-order valence-electron chi connectivity index (χ2n) is 10.5. The SMILES string of the molecule is CC(C)N1CCN(C(=O)c2ccc(Nc3ncc(F)c(-c4cc(F)c5c(c4)N(C(C)C)C(C)N5)n3)nc2)CC1. The molecule has 1 saturated heterocycles. The standard InChI is InChI=1S/C28H34F2N8O/c1-16(2)36-8-10-37(11-9-36)27(39)19-6-7-24(31-14-19)34-28-32-15-22(30)25(35-28)20-12-21(29)26-23(13-20)38(17(3)4)18(5)33-26/h6-7,12-18,33H,8-11H2,1-5H3,(H,31,32,34,35). The van der Waals surface area contributed by atoms with Gasteiger partial charge in [0.1, 0.15) is 17.3 Å². The number of hydrogen-bond acceptors (Lipinski definition) is 8. The number of anilines is 4. The van der Waals surface area contributed by atoms with E-state index >= 15 is 4.39 Å². The Morgan fingerprint density at radius 1 is 1.00 bits per heavy atom. The van der Waals surface area contributed by atoms with Crippen LogP contribution in [0.25, 0.3) is 11.3 Å². The molecule has 1 aromatic carbocycles. The van der Waals surface area contributed by atoms with Crippen LogP contribution < -0.4 is 15.5 Å². The quantitative estimate of drug-likeness (QED) is 0.468. The molecule has 2 aliphatic heterocycles. The zero-order valence-electron chi connectivity index (χ0n) is 22.9. The number of nitrogens with one attached hydrogen (secondary N) is 2. The normalized spacial score (nSPS) is 17.5. The number of carbonyl (C=O) groups excluding carboxylic acids is 1. The van der Waals surface area contributed by atoms with Crippen LogP contribution in [0, 0.1) is 11.6 Å². The largest absolute Gasteiger partial charge is 0.361 e. The molecule has 5 rings (SSSR count). The molecule has 4 heterocycles. The molecule has 0 radical (unpaired) electrons. The summed E-state index contributed by atoms with van der Waals surface area (Å²) in [7, 11) is 0. The number of carbonyl (C=O) groups is 1. The molecule has 206 valence electrons. The summed E-state index contributed by atoms with van der Waals surface area (Å²) < 4.78 is 29.8. The van der Waals surface area contributed by atoms with E-state index in [0.717, 1.165) is 19.3 Å². The third-order valence-electron chi connectivity index (χ3n) is 7.27. The highest BCUT2D eigenvalue weighted by molar-refractivity contribution is 5.94. The Kier molecular flexibility index (Phi) is 7.35. The molecule has 11 heteroatoms. The molecule has 1 atom stereocenters. The van der Waals surface area contributed by atoms with Gasteiger partial charge in [0.2, 0.25) is 5.95 Å². The summed E-state index contributed by atoms with van der Waals surface area (Å²) in [5.41, 5.74) is 1.83. The third kappa shape index (κ3) is 5.36. The first-order chi connectivity index (χ1) is 18.6. The van der Waals surface area contributed by atoms with Crippen molar-refractivity contribution in [3.63, 3.8) is 0 Å². The minimum Gasteiger partial charge on any atom is -0.361 e. The summed E-state index contributed by atoms with van der Waals surface area (Å²) in [5, 5.41) is 6.11. The Morgan fingerprint density at radius 3 is 2.38 bits per heavy atom. The van der Waals surface area contributed by atoms with E-state index in [1.54, 1.807) is 18.2 Å². The highest BCUT2D eigenvalue weighted by Gasteiger charge is 2.31. The molecule has 2 N–H and O–H groups in total. The van der Waals surface area contributed by atoms with Crippen molar-refractivity contribution in [2.75, 3.05) is 41.7 Å². The van der Waals surface area contributed by atoms with Crippen LogP contribution in [0.3, 0.4) is 0 Å². The van der Waals surface area contributed by atoms with Gasteiger partial charge in [-0.2, -0.15) is 0 Å². The molecule has 1 unspecified atom stereocenters. The van der Waals surface area contributed by atoms with Crippen molar-refractivity contribution in [2.45, 2.75) is 52.9 Å². The van der Waals surface area contributed by atoms with Crippen molar-refractivity contribution < 1.29 is 13.6 Å². The minimum absolute atomic E-state index is 0.0233. The minimum atomic E-state index is -0.665. The second-order valence-corrected chi connectivity index (χ2v) is 10.5. The molecule has 2 aliphatic rings. The Bertz CT molecular complexity index is 1360. The number of fused-ring (bicyclic) bond motifs is 1. The van der Waals surface area contributed by atoms with Crippen LogP contribution in [0.4, 0.5) is 31.9 Å². The fourth-order valence-electron chi connectivity index (χ4n) is 5.25. The highest BCUT2D eigenvalue weighted by Crippen LogP contribution is 2.41. The number of halogens is 2. The van der Waals surface area contributed by atoms with Gasteiger partial charge in [-0.15, -0.1) is 0 Å². The zero-order chi connectivity index (χ0) is 27.8. The van der Waals surface area contributed by atoms with Gasteiger partial charge in [0.05, 0.1) is 29.3 Å². The maximum atomic E-state index is 15.0. The van der Waals surface area contributed by atoms with Crippen LogP contribution in [-0.2, 0) is 0 Å². The number of aromatic nitrogens is 3. The number of pyridine rings is 1. The van der Waals surface area contributed by atoms with Crippen LogP contribution in [0.1, 0.15) is 45.0 Å². The molecule has 0 saturated carbocycles. The smallest absolute Gasteiger partial charge is 0.255 e. The Balaban J connectivity index is 1.32. The summed E-state index contributed by atoms with van der Waals surface area (Å²) >= 11 is 0. The zero-order valence-corrected chi connectivity index (χ0v) is 22.9. The maximum absolute atomic E-state index is 15.0. The van der Waals surface area contributed by atoms with E-state index in [0.29, 0.717) is 47.5 Å². The third-order valence-corrected chi connectivity index (χ3v) is 7.27. The summed E-state index contributed by atoms with van der Waals surface area (Å²) in [6.45, 7) is 13.3. The molecule has 39 heavy (non-hydrogen) atoms. The Labute approximate surface area is 227 Å². The lowest BCUT2D eigenvalue weighted by Gasteiger charge is -2.36. The fraction of sp³-hybridized carbons (Fsp3) is 0.429. The summed E-state index contributed by atoms with van der Waals surface area (Å²) in [5.74, 6) is -0.691. The first-order valence-electron chi connectivity index (χ1n) is 13.3. The van der Waals surface area contributed by atoms with Gasteiger partial charge in [-0.3, -0.25) is 9.69 Å². The Morgan fingerprint density at radius 2 is 1.74 bits per heavy atom. The van der Waals surface area contributed by atoms with Gasteiger partial charge in [0.25, 0.3) is 5.91 Å². The molecule has 2 aromatic heterocycles. The Hall–Kier alpha value is -3.86. The van der Waals surface area contributed by atoms with Crippen LogP contribution in [-0.4, -0.2) is 75.1 Å². The molecular weight excluding hydrogens is 502 g/mol. The van der Waals surface area contributed by atoms with Crippen molar-refractivity contribution in [1.29, 1.82) is 0 Å². The van der Waals surface area contributed by atoms with Gasteiger partial charge in [-0.05, 0) is 58.9 Å². The molecule has 3 aromatic rings.